The van der Waals surface area contributed by atoms with E-state index in [-0.39, 0.29) is 17.1 Å². The van der Waals surface area contributed by atoms with E-state index in [0.717, 1.165) is 0 Å². The van der Waals surface area contributed by atoms with Gasteiger partial charge in [0.1, 0.15) is 4.90 Å². The van der Waals surface area contributed by atoms with Gasteiger partial charge < -0.3 is 4.18 Å². The lowest BCUT2D eigenvalue weighted by molar-refractivity contribution is 0.449. The van der Waals surface area contributed by atoms with Crippen LogP contribution < -0.4 is 9.32 Å². The van der Waals surface area contributed by atoms with Gasteiger partial charge in [0.05, 0.1) is 5.25 Å². The van der Waals surface area contributed by atoms with Crippen LogP contribution in [0.4, 0.5) is 0 Å². The molecule has 0 aliphatic carbocycles. The average Bonchev–Trinajstić information content (AvgIpc) is 2.16. The molecule has 1 aromatic carbocycles. The molecule has 1 aliphatic heterocycles. The molecule has 0 saturated heterocycles. The van der Waals surface area contributed by atoms with Crippen molar-refractivity contribution in [3.05, 3.63) is 23.8 Å². The molecule has 8 heteroatoms. The molecular weight excluding hydrogens is 266 g/mol. The van der Waals surface area contributed by atoms with Gasteiger partial charge in [0.15, 0.2) is 5.75 Å². The van der Waals surface area contributed by atoms with Crippen molar-refractivity contribution in [3.8, 4) is 5.75 Å². The van der Waals surface area contributed by atoms with Crippen molar-refractivity contribution in [3.63, 3.8) is 0 Å². The number of nitrogens with two attached hydrogens (primary N) is 1. The van der Waals surface area contributed by atoms with Crippen LogP contribution in [-0.2, 0) is 26.6 Å². The maximum Gasteiger partial charge on any atom is 0.312 e. The monoisotopic (exact) mass is 277 g/mol. The summed E-state index contributed by atoms with van der Waals surface area (Å²) >= 11 is 0. The molecule has 17 heavy (non-hydrogen) atoms. The quantitative estimate of drug-likeness (QED) is 0.727. The molecule has 0 bridgehead atoms. The summed E-state index contributed by atoms with van der Waals surface area (Å²) in [4.78, 5) is -0.300. The van der Waals surface area contributed by atoms with Crippen molar-refractivity contribution in [2.24, 2.45) is 5.14 Å². The molecule has 94 valence electrons. The van der Waals surface area contributed by atoms with Gasteiger partial charge in [-0.05, 0) is 25.0 Å². The summed E-state index contributed by atoms with van der Waals surface area (Å²) in [7, 11) is -7.78. The third kappa shape index (κ3) is 2.15. The van der Waals surface area contributed by atoms with Crippen molar-refractivity contribution in [1.82, 2.24) is 0 Å². The lowest BCUT2D eigenvalue weighted by Gasteiger charge is -2.23. The zero-order chi connectivity index (χ0) is 12.8. The number of hydrogen-bond acceptors (Lipinski definition) is 5. The molecule has 1 heterocycles. The Bertz CT molecular complexity index is 663. The smallest absolute Gasteiger partial charge is 0.312 e. The lowest BCUT2D eigenvalue weighted by atomic mass is 10.1. The van der Waals surface area contributed by atoms with Gasteiger partial charge in [0, 0.05) is 0 Å². The van der Waals surface area contributed by atoms with Gasteiger partial charge in [-0.3, -0.25) is 0 Å². The first kappa shape index (κ1) is 12.3. The summed E-state index contributed by atoms with van der Waals surface area (Å²) < 4.78 is 50.5. The van der Waals surface area contributed by atoms with E-state index < -0.39 is 25.4 Å². The van der Waals surface area contributed by atoms with Gasteiger partial charge in [0.2, 0.25) is 10.0 Å². The van der Waals surface area contributed by atoms with Crippen LogP contribution in [0.1, 0.15) is 12.5 Å². The Hall–Kier alpha value is -1.12. The predicted molar refractivity (Wildman–Crippen MR) is 60.5 cm³/mol. The van der Waals surface area contributed by atoms with Crippen LogP contribution in [-0.4, -0.2) is 22.1 Å². The second kappa shape index (κ2) is 3.69. The highest BCUT2D eigenvalue weighted by Crippen LogP contribution is 2.34. The fraction of sp³-hybridized carbons (Fsp3) is 0.333. The van der Waals surface area contributed by atoms with Gasteiger partial charge in [-0.15, -0.1) is 0 Å². The normalized spacial score (nSPS) is 22.6. The van der Waals surface area contributed by atoms with Crippen molar-refractivity contribution in [2.75, 3.05) is 0 Å². The molecule has 0 radical (unpaired) electrons. The molecule has 1 aromatic rings. The predicted octanol–water partition coefficient (Wildman–Crippen LogP) is -0.0128. The number of benzene rings is 1. The Morgan fingerprint density at radius 3 is 2.65 bits per heavy atom. The zero-order valence-electron chi connectivity index (χ0n) is 8.95. The summed E-state index contributed by atoms with van der Waals surface area (Å²) in [6.07, 6.45) is 0.209. The summed E-state index contributed by atoms with van der Waals surface area (Å²) in [6.45, 7) is 1.50. The molecule has 1 unspecified atom stereocenters. The number of sulfonamides is 1. The van der Waals surface area contributed by atoms with Crippen molar-refractivity contribution in [1.29, 1.82) is 0 Å². The fourth-order valence-electron chi connectivity index (χ4n) is 1.65. The van der Waals surface area contributed by atoms with E-state index >= 15 is 0 Å². The summed E-state index contributed by atoms with van der Waals surface area (Å²) in [6, 6.07) is 4.35. The minimum atomic E-state index is -4.00. The first-order valence-electron chi connectivity index (χ1n) is 4.80. The summed E-state index contributed by atoms with van der Waals surface area (Å²) in [5.41, 5.74) is 0.527. The molecule has 6 nitrogen and oxygen atoms in total. The van der Waals surface area contributed by atoms with Crippen molar-refractivity contribution >= 4 is 20.1 Å². The SMILES string of the molecule is CC1Cc2cccc(S(N)(=O)=O)c2OS1(=O)=O. The molecule has 0 aromatic heterocycles. The van der Waals surface area contributed by atoms with Crippen LogP contribution in [0, 0.1) is 0 Å². The Balaban J connectivity index is 2.69. The number of hydrogen-bond donors (Lipinski definition) is 1. The molecule has 1 aliphatic rings. The fourth-order valence-corrected chi connectivity index (χ4v) is 3.38. The molecule has 0 saturated carbocycles. The Labute approximate surface area is 99.6 Å². The van der Waals surface area contributed by atoms with Gasteiger partial charge in [-0.25, -0.2) is 13.6 Å². The molecule has 2 rings (SSSR count). The van der Waals surface area contributed by atoms with Crippen LogP contribution in [0.25, 0.3) is 0 Å². The number of para-hydroxylation sites is 1. The first-order chi connectivity index (χ1) is 7.72. The van der Waals surface area contributed by atoms with Crippen LogP contribution >= 0.6 is 0 Å². The number of rotatable bonds is 1. The van der Waals surface area contributed by atoms with Crippen LogP contribution in [0.5, 0.6) is 5.75 Å². The maximum atomic E-state index is 11.6. The molecule has 2 N–H and O–H groups in total. The van der Waals surface area contributed by atoms with E-state index in [1.54, 1.807) is 6.07 Å². The van der Waals surface area contributed by atoms with Crippen LogP contribution in [0.15, 0.2) is 23.1 Å². The van der Waals surface area contributed by atoms with Gasteiger partial charge in [-0.1, -0.05) is 12.1 Å². The van der Waals surface area contributed by atoms with E-state index in [1.807, 2.05) is 0 Å². The van der Waals surface area contributed by atoms with E-state index in [2.05, 4.69) is 0 Å². The highest BCUT2D eigenvalue weighted by atomic mass is 32.2. The number of fused-ring (bicyclic) bond motifs is 1. The third-order valence-electron chi connectivity index (χ3n) is 2.57. The second-order valence-electron chi connectivity index (χ2n) is 3.88. The summed E-state index contributed by atoms with van der Waals surface area (Å²) in [5.74, 6) is -0.173. The molecule has 1 atom stereocenters. The van der Waals surface area contributed by atoms with E-state index in [1.165, 1.54) is 19.1 Å². The highest BCUT2D eigenvalue weighted by molar-refractivity contribution is 7.89. The maximum absolute atomic E-state index is 11.6. The molecule has 0 spiro atoms. The van der Waals surface area contributed by atoms with Gasteiger partial charge in [-0.2, -0.15) is 8.42 Å². The first-order valence-corrected chi connectivity index (χ1v) is 7.81. The minimum Gasteiger partial charge on any atom is -0.380 e. The van der Waals surface area contributed by atoms with E-state index in [9.17, 15) is 16.8 Å². The van der Waals surface area contributed by atoms with Crippen LogP contribution in [0.3, 0.4) is 0 Å². The second-order valence-corrected chi connectivity index (χ2v) is 7.37. The number of primary sulfonamides is 1. The minimum absolute atomic E-state index is 0.173. The van der Waals surface area contributed by atoms with Crippen LogP contribution in [0.2, 0.25) is 0 Å². The zero-order valence-corrected chi connectivity index (χ0v) is 10.6. The standard InChI is InChI=1S/C9H11NO5S2/c1-6-5-7-3-2-4-8(16(10,11)12)9(7)15-17(6,13)14/h2-4,6H,5H2,1H3,(H2,10,11,12). The third-order valence-corrected chi connectivity index (χ3v) is 5.05. The van der Waals surface area contributed by atoms with E-state index in [0.29, 0.717) is 5.56 Å². The largest absolute Gasteiger partial charge is 0.380 e. The van der Waals surface area contributed by atoms with Gasteiger partial charge in [0.25, 0.3) is 0 Å². The molecule has 0 amide bonds. The molecular formula is C9H11NO5S2. The Morgan fingerprint density at radius 1 is 1.41 bits per heavy atom. The van der Waals surface area contributed by atoms with Gasteiger partial charge >= 0.3 is 10.1 Å². The van der Waals surface area contributed by atoms with Crippen molar-refractivity contribution < 1.29 is 21.0 Å². The van der Waals surface area contributed by atoms with Crippen molar-refractivity contribution in [2.45, 2.75) is 23.5 Å². The average molecular weight is 277 g/mol. The highest BCUT2D eigenvalue weighted by Gasteiger charge is 2.33. The summed E-state index contributed by atoms with van der Waals surface area (Å²) in [5, 5.41) is 4.30. The lowest BCUT2D eigenvalue weighted by Crippen LogP contribution is -2.31. The Morgan fingerprint density at radius 2 is 2.06 bits per heavy atom. The van der Waals surface area contributed by atoms with E-state index in [4.69, 9.17) is 9.32 Å². The topological polar surface area (TPSA) is 104 Å². The Kier molecular flexibility index (Phi) is 2.68. The molecule has 0 fully saturated rings.